The predicted octanol–water partition coefficient (Wildman–Crippen LogP) is 29.3. The molecule has 19 aromatic carbocycles. The van der Waals surface area contributed by atoms with E-state index in [1.165, 1.54) is 203 Å². The lowest BCUT2D eigenvalue weighted by atomic mass is 10.0. The van der Waals surface area contributed by atoms with Gasteiger partial charge in [0, 0.05) is 98.8 Å². The van der Waals surface area contributed by atoms with Crippen molar-refractivity contribution in [1.29, 1.82) is 0 Å². The number of benzene rings is 19. The predicted molar refractivity (Wildman–Crippen MR) is 490 cm³/mol. The van der Waals surface area contributed by atoms with Crippen molar-refractivity contribution >= 4 is 152 Å². The third kappa shape index (κ3) is 10.2. The maximum atomic E-state index is 2.44. The van der Waals surface area contributed by atoms with E-state index in [4.69, 9.17) is 0 Å². The summed E-state index contributed by atoms with van der Waals surface area (Å²) in [7, 11) is 0. The van der Waals surface area contributed by atoms with E-state index in [1.807, 2.05) is 0 Å². The summed E-state index contributed by atoms with van der Waals surface area (Å²) in [5, 5.41) is 20.0. The van der Waals surface area contributed by atoms with Gasteiger partial charge in [-0.15, -0.1) is 0 Å². The van der Waals surface area contributed by atoms with Gasteiger partial charge in [-0.3, -0.25) is 0 Å². The molecule has 0 spiro atoms. The lowest BCUT2D eigenvalue weighted by molar-refractivity contribution is 1.17. The first kappa shape index (κ1) is 65.2. The summed E-state index contributed by atoms with van der Waals surface area (Å²) in [4.78, 5) is 0. The molecule has 0 radical (unpaired) electrons. The van der Waals surface area contributed by atoms with Crippen LogP contribution in [0.1, 0.15) is 0 Å². The fourth-order valence-corrected chi connectivity index (χ4v) is 19.1. The Morgan fingerprint density at radius 1 is 0.103 bits per heavy atom. The van der Waals surface area contributed by atoms with Crippen molar-refractivity contribution in [3.63, 3.8) is 0 Å². The summed E-state index contributed by atoms with van der Waals surface area (Å²) in [6, 6.07) is 156. The monoisotopic (exact) mass is 1470 g/mol. The first-order valence-corrected chi connectivity index (χ1v) is 39.9. The van der Waals surface area contributed by atoms with Crippen LogP contribution in [-0.2, 0) is 0 Å². The first-order valence-electron chi connectivity index (χ1n) is 39.9. The summed E-state index contributed by atoms with van der Waals surface area (Å²) in [6.45, 7) is 0. The molecule has 6 heterocycles. The highest BCUT2D eigenvalue weighted by Crippen LogP contribution is 2.45. The summed E-state index contributed by atoms with van der Waals surface area (Å²) in [5.41, 5.74) is 28.7. The van der Waals surface area contributed by atoms with Crippen molar-refractivity contribution in [3.05, 3.63) is 425 Å². The Morgan fingerprint density at radius 2 is 0.328 bits per heavy atom. The van der Waals surface area contributed by atoms with Gasteiger partial charge in [0.05, 0.1) is 66.2 Å². The molecular weight excluding hydrogens is 1410 g/mol. The molecule has 25 aromatic rings. The van der Waals surface area contributed by atoms with Crippen LogP contribution in [0.3, 0.4) is 0 Å². The normalized spacial score (nSPS) is 12.0. The van der Waals surface area contributed by atoms with Crippen molar-refractivity contribution in [2.24, 2.45) is 0 Å². The van der Waals surface area contributed by atoms with Crippen molar-refractivity contribution < 1.29 is 0 Å². The molecule has 0 saturated heterocycles. The number of aromatic nitrogens is 6. The highest BCUT2D eigenvalue weighted by Gasteiger charge is 2.23. The molecule has 0 atom stereocenters. The molecule has 0 aliphatic carbocycles. The van der Waals surface area contributed by atoms with Gasteiger partial charge in [-0.1, -0.05) is 255 Å². The van der Waals surface area contributed by atoms with Crippen LogP contribution in [0.25, 0.3) is 220 Å². The number of hydrogen-bond donors (Lipinski definition) is 0. The zero-order valence-corrected chi connectivity index (χ0v) is 63.1. The molecule has 0 aliphatic heterocycles. The quantitative estimate of drug-likeness (QED) is 0.138. The molecule has 540 valence electrons. The molecule has 116 heavy (non-hydrogen) atoms. The zero-order chi connectivity index (χ0) is 76.1. The second-order valence-corrected chi connectivity index (χ2v) is 30.8. The van der Waals surface area contributed by atoms with E-state index in [0.717, 1.165) is 17.1 Å². The Kier molecular flexibility index (Phi) is 14.7. The van der Waals surface area contributed by atoms with E-state index < -0.39 is 0 Å². The van der Waals surface area contributed by atoms with Crippen LogP contribution in [0.4, 0.5) is 0 Å². The van der Waals surface area contributed by atoms with Crippen molar-refractivity contribution in [2.75, 3.05) is 0 Å². The summed E-state index contributed by atoms with van der Waals surface area (Å²) in [5.74, 6) is 0. The van der Waals surface area contributed by atoms with Crippen molar-refractivity contribution in [3.8, 4) is 67.5 Å². The van der Waals surface area contributed by atoms with E-state index in [-0.39, 0.29) is 0 Å². The van der Waals surface area contributed by atoms with Gasteiger partial charge in [-0.25, -0.2) is 0 Å². The van der Waals surface area contributed by atoms with Gasteiger partial charge in [-0.2, -0.15) is 0 Å². The van der Waals surface area contributed by atoms with Gasteiger partial charge in [0.15, 0.2) is 0 Å². The van der Waals surface area contributed by atoms with Crippen molar-refractivity contribution in [1.82, 2.24) is 27.4 Å². The first-order chi connectivity index (χ1) is 57.5. The molecule has 0 bridgehead atoms. The molecule has 0 fully saturated rings. The van der Waals surface area contributed by atoms with Gasteiger partial charge in [0.2, 0.25) is 0 Å². The number of fused-ring (bicyclic) bond motifs is 20. The summed E-state index contributed by atoms with van der Waals surface area (Å²) in [6.07, 6.45) is 0. The minimum absolute atomic E-state index is 1.15. The van der Waals surface area contributed by atoms with Gasteiger partial charge in [0.1, 0.15) is 0 Å². The average Bonchev–Trinajstić information content (AvgIpc) is 1.56. The molecule has 0 amide bonds. The minimum atomic E-state index is 1.15. The second-order valence-electron chi connectivity index (χ2n) is 30.8. The summed E-state index contributed by atoms with van der Waals surface area (Å²) >= 11 is 0. The van der Waals surface area contributed by atoms with E-state index in [1.54, 1.807) is 0 Å². The maximum Gasteiger partial charge on any atom is 0.0542 e. The Morgan fingerprint density at radius 3 is 0.681 bits per heavy atom. The highest BCUT2D eigenvalue weighted by molar-refractivity contribution is 6.17. The van der Waals surface area contributed by atoms with Crippen LogP contribution in [-0.4, -0.2) is 27.4 Å². The van der Waals surface area contributed by atoms with Gasteiger partial charge < -0.3 is 27.4 Å². The lowest BCUT2D eigenvalue weighted by Crippen LogP contribution is -1.96. The molecule has 0 N–H and O–H groups in total. The fraction of sp³-hybridized carbons (Fsp3) is 0. The Bertz CT molecular complexity index is 8340. The van der Waals surface area contributed by atoms with Gasteiger partial charge in [-0.05, 0) is 225 Å². The summed E-state index contributed by atoms with van der Waals surface area (Å²) < 4.78 is 14.5. The van der Waals surface area contributed by atoms with E-state index >= 15 is 0 Å². The van der Waals surface area contributed by atoms with Crippen molar-refractivity contribution in [2.45, 2.75) is 0 Å². The number of hydrogen-bond acceptors (Lipinski definition) is 0. The van der Waals surface area contributed by atoms with Crippen LogP contribution < -0.4 is 0 Å². The molecular formula is C110H70N6. The fourth-order valence-electron chi connectivity index (χ4n) is 19.1. The van der Waals surface area contributed by atoms with Crippen LogP contribution >= 0.6 is 0 Å². The zero-order valence-electron chi connectivity index (χ0n) is 63.1. The average molecular weight is 1480 g/mol. The van der Waals surface area contributed by atoms with Crippen LogP contribution in [0, 0.1) is 0 Å². The van der Waals surface area contributed by atoms with E-state index in [0.29, 0.717) is 0 Å². The largest absolute Gasteiger partial charge is 0.309 e. The number of nitrogens with zero attached hydrogens (tertiary/aromatic N) is 6. The van der Waals surface area contributed by atoms with Crippen LogP contribution in [0.5, 0.6) is 0 Å². The molecule has 6 heteroatoms. The molecule has 0 saturated carbocycles. The third-order valence-corrected chi connectivity index (χ3v) is 24.4. The molecule has 0 unspecified atom stereocenters. The standard InChI is InChI=1S/C56H35N3.C54H35N3/c1-3-13-38-31-42(25-21-36(38)11-1)57-51-18-8-5-15-45(51)48-33-40(23-28-54(48)57)41-24-29-55-49(34-41)46-16-6-9-19-52(46)59(55)44-27-30-56-50(35-44)47-17-7-10-20-53(47)58(56)43-26-22-37-12-2-4-14-39(37)32-43;1-3-14-36(15-4-1)37-16-13-19-41(32-37)56-51-25-12-9-22-45(51)48-35-42(28-31-54(48)56)57-50-24-11-8-21-44(50)47-34-39(27-30-53(47)57)38-26-29-52-46(33-38)43-20-7-10-23-49(43)55(52)40-17-5-2-6-18-40/h1-35H;1-35H. The Hall–Kier alpha value is -15.5. The maximum absolute atomic E-state index is 2.44. The Balaban J connectivity index is 0.000000133. The van der Waals surface area contributed by atoms with E-state index in [9.17, 15) is 0 Å². The third-order valence-electron chi connectivity index (χ3n) is 24.4. The van der Waals surface area contributed by atoms with Gasteiger partial charge >= 0.3 is 0 Å². The SMILES string of the molecule is c1ccc(-c2cccc(-n3c4ccccc4c4cc(-n5c6ccccc6c6cc(-c7ccc8c(c7)c7ccccc7n8-c7ccccc7)ccc65)ccc43)c2)cc1.c1ccc2cc(-n3c4ccccc4c4cc(-c5ccc6c(c5)c5ccccc5n6-c5ccc6c(c5)c5ccccc5n6-c5ccc6ccccc6c5)ccc43)ccc2c1. The van der Waals surface area contributed by atoms with Crippen LogP contribution in [0.2, 0.25) is 0 Å². The Labute approximate surface area is 667 Å². The molecule has 6 nitrogen and oxygen atoms in total. The number of rotatable bonds is 9. The lowest BCUT2D eigenvalue weighted by Gasteiger charge is -2.12. The second kappa shape index (κ2) is 26.1. The van der Waals surface area contributed by atoms with Crippen LogP contribution in [0.15, 0.2) is 425 Å². The minimum Gasteiger partial charge on any atom is -0.309 e. The highest BCUT2D eigenvalue weighted by atomic mass is 15.0. The molecule has 25 rings (SSSR count). The number of para-hydroxylation sites is 7. The molecule has 6 aromatic heterocycles. The molecule has 0 aliphatic rings. The van der Waals surface area contributed by atoms with E-state index in [2.05, 4.69) is 452 Å². The topological polar surface area (TPSA) is 29.6 Å². The smallest absolute Gasteiger partial charge is 0.0542 e. The van der Waals surface area contributed by atoms with Gasteiger partial charge in [0.25, 0.3) is 0 Å².